The van der Waals surface area contributed by atoms with Gasteiger partial charge >= 0.3 is 6.09 Å². The third-order valence-corrected chi connectivity index (χ3v) is 2.56. The van der Waals surface area contributed by atoms with Gasteiger partial charge in [-0.25, -0.2) is 4.79 Å². The maximum absolute atomic E-state index is 11.4. The van der Waals surface area contributed by atoms with Gasteiger partial charge in [0.15, 0.2) is 0 Å². The highest BCUT2D eigenvalue weighted by Crippen LogP contribution is 2.29. The van der Waals surface area contributed by atoms with Gasteiger partial charge in [-0.3, -0.25) is 0 Å². The van der Waals surface area contributed by atoms with E-state index in [4.69, 9.17) is 4.74 Å². The molecule has 0 aromatic rings. The Hall–Kier alpha value is -0.770. The first-order valence-corrected chi connectivity index (χ1v) is 6.01. The molecule has 0 bridgehead atoms. The molecule has 1 rings (SSSR count). The number of alkyl carbamates (subject to hydrolysis) is 1. The van der Waals surface area contributed by atoms with Crippen molar-refractivity contribution in [2.75, 3.05) is 6.54 Å². The number of hydrogen-bond donors (Lipinski definition) is 2. The molecule has 2 N–H and O–H groups in total. The predicted octanol–water partition coefficient (Wildman–Crippen LogP) is 1.90. The molecular formula is C12H24N2O2. The molecule has 1 aliphatic rings. The van der Waals surface area contributed by atoms with Crippen molar-refractivity contribution >= 4 is 6.09 Å². The molecule has 4 heteroatoms. The van der Waals surface area contributed by atoms with Gasteiger partial charge < -0.3 is 15.4 Å². The summed E-state index contributed by atoms with van der Waals surface area (Å²) < 4.78 is 5.15. The zero-order valence-corrected chi connectivity index (χ0v) is 11.0. The average molecular weight is 228 g/mol. The number of ether oxygens (including phenoxy) is 1. The maximum Gasteiger partial charge on any atom is 0.407 e. The van der Waals surface area contributed by atoms with Crippen LogP contribution in [-0.4, -0.2) is 30.3 Å². The fourth-order valence-corrected chi connectivity index (χ4v) is 1.53. The Balaban J connectivity index is 2.11. The highest BCUT2D eigenvalue weighted by Gasteiger charge is 2.33. The van der Waals surface area contributed by atoms with Crippen LogP contribution in [0, 0.1) is 5.92 Å². The van der Waals surface area contributed by atoms with Crippen LogP contribution in [0.3, 0.4) is 0 Å². The summed E-state index contributed by atoms with van der Waals surface area (Å²) in [6, 6.07) is 0.929. The molecule has 1 fully saturated rings. The van der Waals surface area contributed by atoms with E-state index in [-0.39, 0.29) is 6.09 Å². The number of hydrogen-bond acceptors (Lipinski definition) is 3. The summed E-state index contributed by atoms with van der Waals surface area (Å²) in [4.78, 5) is 11.4. The van der Waals surface area contributed by atoms with E-state index in [0.29, 0.717) is 18.6 Å². The lowest BCUT2D eigenvalue weighted by Gasteiger charge is -2.21. The van der Waals surface area contributed by atoms with E-state index < -0.39 is 5.60 Å². The molecule has 0 aromatic heterocycles. The molecule has 3 unspecified atom stereocenters. The predicted molar refractivity (Wildman–Crippen MR) is 64.4 cm³/mol. The van der Waals surface area contributed by atoms with Crippen LogP contribution < -0.4 is 10.6 Å². The van der Waals surface area contributed by atoms with Crippen LogP contribution in [0.15, 0.2) is 0 Å². The molecule has 0 spiro atoms. The van der Waals surface area contributed by atoms with Gasteiger partial charge in [0.2, 0.25) is 0 Å². The molecule has 1 aliphatic carbocycles. The van der Waals surface area contributed by atoms with E-state index in [1.54, 1.807) is 0 Å². The van der Waals surface area contributed by atoms with E-state index in [0.717, 1.165) is 5.92 Å². The highest BCUT2D eigenvalue weighted by atomic mass is 16.6. The van der Waals surface area contributed by atoms with Gasteiger partial charge in [0.25, 0.3) is 0 Å². The van der Waals surface area contributed by atoms with Crippen molar-refractivity contribution in [1.82, 2.24) is 10.6 Å². The van der Waals surface area contributed by atoms with E-state index in [9.17, 15) is 4.79 Å². The van der Waals surface area contributed by atoms with Gasteiger partial charge in [-0.05, 0) is 40.0 Å². The van der Waals surface area contributed by atoms with Gasteiger partial charge in [-0.2, -0.15) is 0 Å². The maximum atomic E-state index is 11.4. The second-order valence-electron chi connectivity index (χ2n) is 5.77. The Morgan fingerprint density at radius 3 is 2.50 bits per heavy atom. The van der Waals surface area contributed by atoms with Crippen molar-refractivity contribution in [3.05, 3.63) is 0 Å². The fraction of sp³-hybridized carbons (Fsp3) is 0.917. The molecule has 94 valence electrons. The molecule has 0 aliphatic heterocycles. The number of rotatable bonds is 4. The summed E-state index contributed by atoms with van der Waals surface area (Å²) in [5, 5.41) is 6.21. The van der Waals surface area contributed by atoms with Crippen molar-refractivity contribution < 1.29 is 9.53 Å². The quantitative estimate of drug-likeness (QED) is 0.772. The fourth-order valence-electron chi connectivity index (χ4n) is 1.53. The van der Waals surface area contributed by atoms with Gasteiger partial charge in [-0.15, -0.1) is 0 Å². The van der Waals surface area contributed by atoms with Gasteiger partial charge in [0.05, 0.1) is 0 Å². The van der Waals surface area contributed by atoms with E-state index in [2.05, 4.69) is 24.5 Å². The van der Waals surface area contributed by atoms with Gasteiger partial charge in [0, 0.05) is 18.6 Å². The molecule has 0 saturated heterocycles. The minimum Gasteiger partial charge on any atom is -0.444 e. The van der Waals surface area contributed by atoms with Crippen molar-refractivity contribution in [3.8, 4) is 0 Å². The second-order valence-corrected chi connectivity index (χ2v) is 5.77. The largest absolute Gasteiger partial charge is 0.444 e. The number of carbonyl (C=O) groups is 1. The first kappa shape index (κ1) is 13.3. The SMILES string of the molecule is CC(CNC(=O)OC(C)(C)C)NC1CC1C. The smallest absolute Gasteiger partial charge is 0.407 e. The monoisotopic (exact) mass is 228 g/mol. The Morgan fingerprint density at radius 2 is 2.06 bits per heavy atom. The topological polar surface area (TPSA) is 50.4 Å². The minimum atomic E-state index is -0.425. The van der Waals surface area contributed by atoms with Crippen LogP contribution >= 0.6 is 0 Å². The second kappa shape index (κ2) is 5.04. The summed E-state index contributed by atoms with van der Waals surface area (Å²) in [7, 11) is 0. The molecular weight excluding hydrogens is 204 g/mol. The third-order valence-electron chi connectivity index (χ3n) is 2.56. The third kappa shape index (κ3) is 5.35. The average Bonchev–Trinajstić information content (AvgIpc) is 2.75. The Kier molecular flexibility index (Phi) is 4.19. The highest BCUT2D eigenvalue weighted by molar-refractivity contribution is 5.67. The Labute approximate surface area is 98.1 Å². The van der Waals surface area contributed by atoms with Crippen LogP contribution in [0.25, 0.3) is 0 Å². The molecule has 16 heavy (non-hydrogen) atoms. The molecule has 3 atom stereocenters. The molecule has 1 amide bonds. The lowest BCUT2D eigenvalue weighted by molar-refractivity contribution is 0.0523. The van der Waals surface area contributed by atoms with Crippen LogP contribution in [0.2, 0.25) is 0 Å². The van der Waals surface area contributed by atoms with Crippen molar-refractivity contribution in [2.24, 2.45) is 5.92 Å². The zero-order valence-electron chi connectivity index (χ0n) is 11.0. The van der Waals surface area contributed by atoms with Crippen molar-refractivity contribution in [2.45, 2.75) is 58.7 Å². The minimum absolute atomic E-state index is 0.294. The van der Waals surface area contributed by atoms with E-state index >= 15 is 0 Å². The summed E-state index contributed by atoms with van der Waals surface area (Å²) >= 11 is 0. The van der Waals surface area contributed by atoms with Gasteiger partial charge in [0.1, 0.15) is 5.60 Å². The molecule has 0 heterocycles. The number of amides is 1. The number of nitrogens with one attached hydrogen (secondary N) is 2. The molecule has 0 radical (unpaired) electrons. The first-order chi connectivity index (χ1) is 7.28. The summed E-state index contributed by atoms with van der Waals surface area (Å²) in [5.74, 6) is 0.781. The van der Waals surface area contributed by atoms with Crippen LogP contribution in [-0.2, 0) is 4.74 Å². The normalized spacial score (nSPS) is 26.1. The van der Waals surface area contributed by atoms with Crippen LogP contribution in [0.1, 0.15) is 41.0 Å². The summed E-state index contributed by atoms with van der Waals surface area (Å²) in [6.07, 6.45) is 0.904. The lowest BCUT2D eigenvalue weighted by Crippen LogP contribution is -2.42. The molecule has 0 aromatic carbocycles. The summed E-state index contributed by atoms with van der Waals surface area (Å²) in [5.41, 5.74) is -0.425. The van der Waals surface area contributed by atoms with Crippen molar-refractivity contribution in [3.63, 3.8) is 0 Å². The Bertz CT molecular complexity index is 248. The van der Waals surface area contributed by atoms with Crippen LogP contribution in [0.4, 0.5) is 4.79 Å². The Morgan fingerprint density at radius 1 is 1.50 bits per heavy atom. The summed E-state index contributed by atoms with van der Waals surface area (Å²) in [6.45, 7) is 10.5. The molecule has 1 saturated carbocycles. The standard InChI is InChI=1S/C12H24N2O2/c1-8-6-10(8)14-9(2)7-13-11(15)16-12(3,4)5/h8-10,14H,6-7H2,1-5H3,(H,13,15). The van der Waals surface area contributed by atoms with Crippen LogP contribution in [0.5, 0.6) is 0 Å². The zero-order chi connectivity index (χ0) is 12.3. The molecule has 4 nitrogen and oxygen atoms in total. The van der Waals surface area contributed by atoms with E-state index in [1.165, 1.54) is 6.42 Å². The van der Waals surface area contributed by atoms with Gasteiger partial charge in [-0.1, -0.05) is 6.92 Å². The van der Waals surface area contributed by atoms with E-state index in [1.807, 2.05) is 20.8 Å². The lowest BCUT2D eigenvalue weighted by atomic mass is 10.2. The van der Waals surface area contributed by atoms with Crippen molar-refractivity contribution in [1.29, 1.82) is 0 Å². The first-order valence-electron chi connectivity index (χ1n) is 6.01. The number of carbonyl (C=O) groups excluding carboxylic acids is 1.